The number of aryl methyl sites for hydroxylation is 2. The molecule has 1 amide bonds. The maximum atomic E-state index is 13.3. The predicted octanol–water partition coefficient (Wildman–Crippen LogP) is 4.25. The molecule has 0 aliphatic carbocycles. The Kier molecular flexibility index (Phi) is 5.58. The number of anilines is 1. The van der Waals surface area contributed by atoms with E-state index >= 15 is 0 Å². The highest BCUT2D eigenvalue weighted by Gasteiger charge is 2.37. The summed E-state index contributed by atoms with van der Waals surface area (Å²) < 4.78 is 1.94. The van der Waals surface area contributed by atoms with E-state index in [0.29, 0.717) is 0 Å². The normalized spacial score (nSPS) is 18.0. The number of nitrogens with one attached hydrogen (secondary N) is 2. The first kappa shape index (κ1) is 19.5. The van der Waals surface area contributed by atoms with Gasteiger partial charge in [0.2, 0.25) is 11.1 Å². The van der Waals surface area contributed by atoms with Gasteiger partial charge in [0.1, 0.15) is 5.25 Å². The molecule has 1 aromatic heterocycles. The van der Waals surface area contributed by atoms with E-state index in [0.717, 1.165) is 46.2 Å². The number of benzene rings is 2. The molecule has 0 saturated heterocycles. The summed E-state index contributed by atoms with van der Waals surface area (Å²) in [6.45, 7) is 6.19. The van der Waals surface area contributed by atoms with Crippen LogP contribution < -0.4 is 10.7 Å². The summed E-state index contributed by atoms with van der Waals surface area (Å²) in [6.07, 6.45) is 1.82. The largest absolute Gasteiger partial charge is 0.325 e. The number of aromatic nitrogens is 3. The Bertz CT molecular complexity index is 1020. The van der Waals surface area contributed by atoms with Crippen LogP contribution in [0.3, 0.4) is 0 Å². The average molecular weight is 408 g/mol. The molecule has 4 rings (SSSR count). The quantitative estimate of drug-likeness (QED) is 0.662. The van der Waals surface area contributed by atoms with E-state index in [-0.39, 0.29) is 17.2 Å². The molecule has 2 aromatic carbocycles. The lowest BCUT2D eigenvalue weighted by Gasteiger charge is -2.33. The zero-order valence-corrected chi connectivity index (χ0v) is 17.7. The highest BCUT2D eigenvalue weighted by molar-refractivity contribution is 8.00. The summed E-state index contributed by atoms with van der Waals surface area (Å²) in [5, 5.41) is 12.1. The van der Waals surface area contributed by atoms with Crippen molar-refractivity contribution in [1.82, 2.24) is 14.9 Å². The molecule has 3 aromatic rings. The molecule has 2 N–H and O–H groups in total. The average Bonchev–Trinajstić information content (AvgIpc) is 3.13. The lowest BCUT2D eigenvalue weighted by Crippen LogP contribution is -2.41. The van der Waals surface area contributed by atoms with Gasteiger partial charge in [-0.1, -0.05) is 61.2 Å². The van der Waals surface area contributed by atoms with Gasteiger partial charge in [0, 0.05) is 12.1 Å². The molecular formula is C22H25N5OS. The maximum absolute atomic E-state index is 13.3. The number of hydrogen-bond donors (Lipinski definition) is 2. The summed E-state index contributed by atoms with van der Waals surface area (Å²) >= 11 is 1.46. The smallest absolute Gasteiger partial charge is 0.240 e. The van der Waals surface area contributed by atoms with Gasteiger partial charge in [-0.3, -0.25) is 4.79 Å². The minimum atomic E-state index is -0.372. The van der Waals surface area contributed by atoms with E-state index in [1.165, 1.54) is 11.8 Å². The third-order valence-electron chi connectivity index (χ3n) is 5.26. The van der Waals surface area contributed by atoms with Crippen molar-refractivity contribution in [3.63, 3.8) is 0 Å². The molecule has 6 nitrogen and oxygen atoms in total. The molecule has 0 bridgehead atoms. The van der Waals surface area contributed by atoms with Crippen LogP contribution in [0.4, 0.5) is 5.69 Å². The fourth-order valence-electron chi connectivity index (χ4n) is 3.49. The molecule has 2 heterocycles. The van der Waals surface area contributed by atoms with Crippen molar-refractivity contribution in [3.8, 4) is 0 Å². The van der Waals surface area contributed by atoms with Gasteiger partial charge in [-0.2, -0.15) is 0 Å². The van der Waals surface area contributed by atoms with E-state index in [1.54, 1.807) is 0 Å². The number of fused-ring (bicyclic) bond motifs is 1. The molecule has 1 aliphatic rings. The number of hydrogen-bond acceptors (Lipinski definition) is 5. The van der Waals surface area contributed by atoms with Gasteiger partial charge in [0.05, 0.1) is 6.04 Å². The second kappa shape index (κ2) is 8.29. The molecule has 150 valence electrons. The van der Waals surface area contributed by atoms with E-state index in [1.807, 2.05) is 67.1 Å². The standard InChI is InChI=1S/C22H25N5OS/c1-4-9-18-24-25-22-27(18)26-19(16-11-6-5-7-12-16)20(29-22)21(28)23-17-13-8-10-14(2)15(17)3/h5-8,10-13,19-20,26H,4,9H2,1-3H3,(H,23,28)/t19-,20-/m1/s1. The van der Waals surface area contributed by atoms with Gasteiger partial charge >= 0.3 is 0 Å². The van der Waals surface area contributed by atoms with Gasteiger partial charge in [-0.05, 0) is 43.0 Å². The number of carbonyl (C=O) groups is 1. The highest BCUT2D eigenvalue weighted by Crippen LogP contribution is 2.37. The number of amides is 1. The maximum Gasteiger partial charge on any atom is 0.240 e. The summed E-state index contributed by atoms with van der Waals surface area (Å²) in [5.41, 5.74) is 7.64. The van der Waals surface area contributed by atoms with Gasteiger partial charge in [0.25, 0.3) is 0 Å². The third kappa shape index (κ3) is 3.87. The molecule has 29 heavy (non-hydrogen) atoms. The molecule has 0 saturated carbocycles. The van der Waals surface area contributed by atoms with Crippen molar-refractivity contribution in [2.45, 2.75) is 50.1 Å². The van der Waals surface area contributed by atoms with Crippen LogP contribution in [0, 0.1) is 13.8 Å². The Labute approximate surface area is 175 Å². The Morgan fingerprint density at radius 1 is 1.14 bits per heavy atom. The monoisotopic (exact) mass is 407 g/mol. The minimum absolute atomic E-state index is 0.0451. The van der Waals surface area contributed by atoms with Crippen molar-refractivity contribution < 1.29 is 4.79 Å². The van der Waals surface area contributed by atoms with Crippen molar-refractivity contribution in [3.05, 3.63) is 71.0 Å². The molecule has 0 radical (unpaired) electrons. The summed E-state index contributed by atoms with van der Waals surface area (Å²) in [7, 11) is 0. The molecular weight excluding hydrogens is 382 g/mol. The fourth-order valence-corrected chi connectivity index (χ4v) is 4.58. The van der Waals surface area contributed by atoms with E-state index in [9.17, 15) is 4.79 Å². The Morgan fingerprint density at radius 3 is 2.69 bits per heavy atom. The SMILES string of the molecule is CCCc1nnc2n1N[C@H](c1ccccc1)[C@H](C(=O)Nc1cccc(C)c1C)S2. The highest BCUT2D eigenvalue weighted by atomic mass is 32.2. The topological polar surface area (TPSA) is 71.8 Å². The van der Waals surface area contributed by atoms with E-state index < -0.39 is 0 Å². The minimum Gasteiger partial charge on any atom is -0.325 e. The first-order valence-corrected chi connectivity index (χ1v) is 10.8. The van der Waals surface area contributed by atoms with Crippen LogP contribution in [0.15, 0.2) is 53.7 Å². The van der Waals surface area contributed by atoms with Crippen LogP contribution in [0.25, 0.3) is 0 Å². The number of thioether (sulfide) groups is 1. The van der Waals surface area contributed by atoms with Gasteiger partial charge in [-0.25, -0.2) is 4.68 Å². The molecule has 0 spiro atoms. The second-order valence-electron chi connectivity index (χ2n) is 7.28. The third-order valence-corrected chi connectivity index (χ3v) is 6.47. The number of rotatable bonds is 5. The Balaban J connectivity index is 1.67. The summed E-state index contributed by atoms with van der Waals surface area (Å²) in [6, 6.07) is 15.8. The van der Waals surface area contributed by atoms with Gasteiger partial charge < -0.3 is 10.7 Å². The number of carbonyl (C=O) groups excluding carboxylic acids is 1. The van der Waals surface area contributed by atoms with Crippen LogP contribution in [0.2, 0.25) is 0 Å². The lowest BCUT2D eigenvalue weighted by molar-refractivity contribution is -0.116. The molecule has 2 atom stereocenters. The predicted molar refractivity (Wildman–Crippen MR) is 117 cm³/mol. The van der Waals surface area contributed by atoms with Crippen molar-refractivity contribution in [1.29, 1.82) is 0 Å². The first-order valence-electron chi connectivity index (χ1n) is 9.88. The fraction of sp³-hybridized carbons (Fsp3) is 0.318. The lowest BCUT2D eigenvalue weighted by atomic mass is 10.0. The van der Waals surface area contributed by atoms with Crippen molar-refractivity contribution >= 4 is 23.4 Å². The van der Waals surface area contributed by atoms with Crippen LogP contribution in [-0.2, 0) is 11.2 Å². The van der Waals surface area contributed by atoms with Gasteiger partial charge in [0.15, 0.2) is 5.82 Å². The van der Waals surface area contributed by atoms with Crippen LogP contribution in [0.5, 0.6) is 0 Å². The number of nitrogens with zero attached hydrogens (tertiary/aromatic N) is 3. The molecule has 1 aliphatic heterocycles. The van der Waals surface area contributed by atoms with E-state index in [2.05, 4.69) is 27.9 Å². The molecule has 0 unspecified atom stereocenters. The Hall–Kier alpha value is -2.80. The van der Waals surface area contributed by atoms with Crippen molar-refractivity contribution in [2.75, 3.05) is 10.7 Å². The zero-order valence-electron chi connectivity index (χ0n) is 16.8. The Morgan fingerprint density at radius 2 is 1.93 bits per heavy atom. The first-order chi connectivity index (χ1) is 14.1. The zero-order chi connectivity index (χ0) is 20.4. The van der Waals surface area contributed by atoms with Crippen molar-refractivity contribution in [2.24, 2.45) is 0 Å². The van der Waals surface area contributed by atoms with Crippen LogP contribution in [-0.4, -0.2) is 26.0 Å². The molecule has 0 fully saturated rings. The second-order valence-corrected chi connectivity index (χ2v) is 8.39. The van der Waals surface area contributed by atoms with Gasteiger partial charge in [-0.15, -0.1) is 10.2 Å². The molecule has 7 heteroatoms. The summed E-state index contributed by atoms with van der Waals surface area (Å²) in [4.78, 5) is 13.3. The van der Waals surface area contributed by atoms with Crippen LogP contribution in [0.1, 0.15) is 41.9 Å². The van der Waals surface area contributed by atoms with Crippen LogP contribution >= 0.6 is 11.8 Å². The summed E-state index contributed by atoms with van der Waals surface area (Å²) in [5.74, 6) is 0.848. The van der Waals surface area contributed by atoms with E-state index in [4.69, 9.17) is 0 Å².